The average Bonchev–Trinajstić information content (AvgIpc) is 2.75. The van der Waals surface area contributed by atoms with Crippen LogP contribution in [0.3, 0.4) is 0 Å². The first-order valence-electron chi connectivity index (χ1n) is 9.26. The highest BCUT2D eigenvalue weighted by atomic mass is 19.1. The van der Waals surface area contributed by atoms with Crippen molar-refractivity contribution in [1.29, 1.82) is 0 Å². The highest BCUT2D eigenvalue weighted by molar-refractivity contribution is 5.95. The predicted molar refractivity (Wildman–Crippen MR) is 108 cm³/mol. The van der Waals surface area contributed by atoms with Crippen LogP contribution in [0.2, 0.25) is 0 Å². The lowest BCUT2D eigenvalue weighted by Crippen LogP contribution is -2.48. The molecule has 3 aromatic rings. The van der Waals surface area contributed by atoms with Crippen molar-refractivity contribution in [2.75, 3.05) is 36.4 Å². The fraction of sp³-hybridized carbons (Fsp3) is 0.182. The number of para-hydroxylation sites is 1. The summed E-state index contributed by atoms with van der Waals surface area (Å²) in [7, 11) is 0. The van der Waals surface area contributed by atoms with Crippen LogP contribution in [0.4, 0.5) is 21.5 Å². The van der Waals surface area contributed by atoms with Crippen LogP contribution >= 0.6 is 0 Å². The van der Waals surface area contributed by atoms with Crippen molar-refractivity contribution < 1.29 is 9.18 Å². The van der Waals surface area contributed by atoms with E-state index >= 15 is 0 Å². The third-order valence-corrected chi connectivity index (χ3v) is 4.81. The van der Waals surface area contributed by atoms with Crippen molar-refractivity contribution in [1.82, 2.24) is 9.88 Å². The molecule has 1 aliphatic heterocycles. The molecule has 0 unspecified atom stereocenters. The molecule has 1 amide bonds. The summed E-state index contributed by atoms with van der Waals surface area (Å²) in [5.41, 5.74) is 3.27. The monoisotopic (exact) mass is 376 g/mol. The van der Waals surface area contributed by atoms with E-state index in [2.05, 4.69) is 15.2 Å². The molecule has 0 spiro atoms. The van der Waals surface area contributed by atoms with Gasteiger partial charge in [0.05, 0.1) is 17.4 Å². The van der Waals surface area contributed by atoms with Gasteiger partial charge in [0.2, 0.25) is 0 Å². The molecule has 1 saturated heterocycles. The molecule has 0 aliphatic carbocycles. The lowest BCUT2D eigenvalue weighted by atomic mass is 10.2. The zero-order chi connectivity index (χ0) is 19.3. The smallest absolute Gasteiger partial charge is 0.255 e. The van der Waals surface area contributed by atoms with Gasteiger partial charge in [-0.2, -0.15) is 0 Å². The molecule has 1 aliphatic rings. The van der Waals surface area contributed by atoms with Crippen molar-refractivity contribution in [3.8, 4) is 0 Å². The van der Waals surface area contributed by atoms with Gasteiger partial charge in [-0.15, -0.1) is 0 Å². The summed E-state index contributed by atoms with van der Waals surface area (Å²) in [6.07, 6.45) is 3.31. The minimum atomic E-state index is -0.242. The molecular weight excluding hydrogens is 355 g/mol. The normalized spacial score (nSPS) is 14.0. The molecule has 1 fully saturated rings. The van der Waals surface area contributed by atoms with Crippen LogP contribution < -0.4 is 10.2 Å². The van der Waals surface area contributed by atoms with Crippen molar-refractivity contribution in [2.45, 2.75) is 0 Å². The van der Waals surface area contributed by atoms with E-state index in [4.69, 9.17) is 0 Å². The molecule has 1 aromatic heterocycles. The summed E-state index contributed by atoms with van der Waals surface area (Å²) < 4.78 is 13.1. The summed E-state index contributed by atoms with van der Waals surface area (Å²) in [5.74, 6) is -0.267. The molecule has 5 nitrogen and oxygen atoms in total. The Morgan fingerprint density at radius 1 is 0.893 bits per heavy atom. The van der Waals surface area contributed by atoms with Crippen LogP contribution in [0, 0.1) is 5.82 Å². The number of nitrogens with one attached hydrogen (secondary N) is 1. The zero-order valence-electron chi connectivity index (χ0n) is 15.4. The van der Waals surface area contributed by atoms with Crippen molar-refractivity contribution in [3.05, 3.63) is 84.4 Å². The third-order valence-electron chi connectivity index (χ3n) is 4.81. The Morgan fingerprint density at radius 2 is 1.61 bits per heavy atom. The van der Waals surface area contributed by atoms with Crippen LogP contribution in [0.5, 0.6) is 0 Å². The first kappa shape index (κ1) is 18.0. The van der Waals surface area contributed by atoms with Crippen molar-refractivity contribution >= 4 is 23.0 Å². The largest absolute Gasteiger partial charge is 0.368 e. The Morgan fingerprint density at radius 3 is 2.32 bits per heavy atom. The number of hydrogen-bond acceptors (Lipinski definition) is 4. The van der Waals surface area contributed by atoms with Gasteiger partial charge in [-0.05, 0) is 42.5 Å². The van der Waals surface area contributed by atoms with Crippen LogP contribution in [0.15, 0.2) is 73.1 Å². The number of pyridine rings is 1. The minimum Gasteiger partial charge on any atom is -0.368 e. The standard InChI is InChI=1S/C22H21FN4O/c23-18-6-8-21(9-7-18)26-10-12-27(13-11-26)22(28)17-14-20(16-24-15-17)25-19-4-2-1-3-5-19/h1-9,14-16,25H,10-13H2. The number of rotatable bonds is 4. The van der Waals surface area contributed by atoms with Gasteiger partial charge in [0.1, 0.15) is 5.82 Å². The Balaban J connectivity index is 1.40. The van der Waals surface area contributed by atoms with Crippen LogP contribution in [-0.2, 0) is 0 Å². The first-order chi connectivity index (χ1) is 13.7. The number of carbonyl (C=O) groups excluding carboxylic acids is 1. The number of amides is 1. The number of piperazine rings is 1. The average molecular weight is 376 g/mol. The lowest BCUT2D eigenvalue weighted by molar-refractivity contribution is 0.0746. The molecule has 4 rings (SSSR count). The highest BCUT2D eigenvalue weighted by Gasteiger charge is 2.22. The predicted octanol–water partition coefficient (Wildman–Crippen LogP) is 3.93. The maximum Gasteiger partial charge on any atom is 0.255 e. The molecule has 1 N–H and O–H groups in total. The van der Waals surface area contributed by atoms with Crippen LogP contribution in [0.25, 0.3) is 0 Å². The van der Waals surface area contributed by atoms with Gasteiger partial charge in [-0.25, -0.2) is 4.39 Å². The number of benzene rings is 2. The van der Waals surface area contributed by atoms with E-state index in [9.17, 15) is 9.18 Å². The zero-order valence-corrected chi connectivity index (χ0v) is 15.4. The third kappa shape index (κ3) is 4.11. The first-order valence-corrected chi connectivity index (χ1v) is 9.26. The number of hydrogen-bond donors (Lipinski definition) is 1. The second-order valence-electron chi connectivity index (χ2n) is 6.71. The highest BCUT2D eigenvalue weighted by Crippen LogP contribution is 2.20. The van der Waals surface area contributed by atoms with Gasteiger partial charge >= 0.3 is 0 Å². The lowest BCUT2D eigenvalue weighted by Gasteiger charge is -2.36. The summed E-state index contributed by atoms with van der Waals surface area (Å²) in [4.78, 5) is 21.1. The maximum atomic E-state index is 13.1. The Bertz CT molecular complexity index is 938. The number of carbonyl (C=O) groups is 1. The van der Waals surface area contributed by atoms with Crippen molar-refractivity contribution in [3.63, 3.8) is 0 Å². The Labute approximate surface area is 163 Å². The van der Waals surface area contributed by atoms with Gasteiger partial charge in [-0.3, -0.25) is 9.78 Å². The van der Waals surface area contributed by atoms with E-state index in [1.54, 1.807) is 24.5 Å². The van der Waals surface area contributed by atoms with E-state index in [1.807, 2.05) is 41.3 Å². The second-order valence-corrected chi connectivity index (χ2v) is 6.71. The van der Waals surface area contributed by atoms with Gasteiger partial charge in [0, 0.05) is 43.8 Å². The molecule has 6 heteroatoms. The molecule has 28 heavy (non-hydrogen) atoms. The summed E-state index contributed by atoms with van der Waals surface area (Å²) >= 11 is 0. The van der Waals surface area contributed by atoms with Gasteiger partial charge in [0.15, 0.2) is 0 Å². The molecule has 142 valence electrons. The van der Waals surface area contributed by atoms with Crippen LogP contribution in [0.1, 0.15) is 10.4 Å². The molecule has 0 bridgehead atoms. The molecule has 0 radical (unpaired) electrons. The minimum absolute atomic E-state index is 0.0250. The molecular formula is C22H21FN4O. The van der Waals surface area contributed by atoms with Crippen molar-refractivity contribution in [2.24, 2.45) is 0 Å². The molecule has 2 aromatic carbocycles. The van der Waals surface area contributed by atoms with E-state index in [-0.39, 0.29) is 11.7 Å². The maximum absolute atomic E-state index is 13.1. The molecule has 0 saturated carbocycles. The SMILES string of the molecule is O=C(c1cncc(Nc2ccccc2)c1)N1CCN(c2ccc(F)cc2)CC1. The quantitative estimate of drug-likeness (QED) is 0.750. The van der Waals surface area contributed by atoms with E-state index in [1.165, 1.54) is 12.1 Å². The summed E-state index contributed by atoms with van der Waals surface area (Å²) in [6, 6.07) is 18.1. The second kappa shape index (κ2) is 8.08. The van der Waals surface area contributed by atoms with Gasteiger partial charge in [0.25, 0.3) is 5.91 Å². The number of anilines is 3. The molecule has 2 heterocycles. The Hall–Kier alpha value is -3.41. The van der Waals surface area contributed by atoms with Crippen LogP contribution in [-0.4, -0.2) is 42.0 Å². The number of nitrogens with zero attached hydrogens (tertiary/aromatic N) is 3. The Kier molecular flexibility index (Phi) is 5.19. The van der Waals surface area contributed by atoms with E-state index in [0.717, 1.165) is 17.1 Å². The number of halogens is 1. The number of aromatic nitrogens is 1. The van der Waals surface area contributed by atoms with Gasteiger partial charge in [-0.1, -0.05) is 18.2 Å². The fourth-order valence-electron chi connectivity index (χ4n) is 3.32. The fourth-order valence-corrected chi connectivity index (χ4v) is 3.32. The van der Waals surface area contributed by atoms with Gasteiger partial charge < -0.3 is 15.1 Å². The van der Waals surface area contributed by atoms with E-state index in [0.29, 0.717) is 31.7 Å². The van der Waals surface area contributed by atoms with E-state index < -0.39 is 0 Å². The summed E-state index contributed by atoms with van der Waals surface area (Å²) in [6.45, 7) is 2.67. The topological polar surface area (TPSA) is 48.5 Å². The molecule has 0 atom stereocenters. The summed E-state index contributed by atoms with van der Waals surface area (Å²) in [5, 5.41) is 3.26.